The first kappa shape index (κ1) is 26.6. The molecule has 2 heterocycles. The Kier molecular flexibility index (Phi) is 7.76. The highest BCUT2D eigenvalue weighted by Gasteiger charge is 2.55. The quantitative estimate of drug-likeness (QED) is 0.560. The molecule has 0 aromatic heterocycles. The Hall–Kier alpha value is -2.01. The van der Waals surface area contributed by atoms with E-state index in [-0.39, 0.29) is 23.3 Å². The average Bonchev–Trinajstić information content (AvgIpc) is 3.09. The van der Waals surface area contributed by atoms with Gasteiger partial charge in [-0.25, -0.2) is 13.2 Å². The monoisotopic (exact) mass is 495 g/mol. The van der Waals surface area contributed by atoms with Crippen molar-refractivity contribution in [2.45, 2.75) is 69.2 Å². The minimum atomic E-state index is -3.92. The Labute approximate surface area is 203 Å². The highest BCUT2D eigenvalue weighted by Crippen LogP contribution is 2.41. The summed E-state index contributed by atoms with van der Waals surface area (Å²) < 4.78 is 41.0. The van der Waals surface area contributed by atoms with Gasteiger partial charge in [0.15, 0.2) is 5.78 Å². The Bertz CT molecular complexity index is 993. The molecule has 34 heavy (non-hydrogen) atoms. The van der Waals surface area contributed by atoms with Gasteiger partial charge in [-0.1, -0.05) is 19.1 Å². The van der Waals surface area contributed by atoms with Crippen molar-refractivity contribution in [1.29, 1.82) is 0 Å². The van der Waals surface area contributed by atoms with E-state index in [2.05, 4.69) is 0 Å². The zero-order valence-corrected chi connectivity index (χ0v) is 21.9. The first-order valence-corrected chi connectivity index (χ1v) is 13.2. The van der Waals surface area contributed by atoms with Gasteiger partial charge in [0.05, 0.1) is 17.5 Å². The number of ether oxygens (including phenoxy) is 2. The van der Waals surface area contributed by atoms with Crippen LogP contribution in [0.3, 0.4) is 0 Å². The highest BCUT2D eigenvalue weighted by molar-refractivity contribution is 7.89. The number of sulfonamides is 1. The number of rotatable bonds is 6. The van der Waals surface area contributed by atoms with E-state index in [0.29, 0.717) is 44.5 Å². The fraction of sp³-hybridized carbons (Fsp3) is 0.667. The third-order valence-electron chi connectivity index (χ3n) is 6.10. The van der Waals surface area contributed by atoms with Crippen LogP contribution in [-0.4, -0.2) is 92.1 Å². The van der Waals surface area contributed by atoms with Gasteiger partial charge in [-0.05, 0) is 47.0 Å². The third kappa shape index (κ3) is 5.62. The largest absolute Gasteiger partial charge is 0.444 e. The molecular formula is C24H37N3O6S. The summed E-state index contributed by atoms with van der Waals surface area (Å²) in [7, 11) is -0.132. The molecule has 1 spiro atoms. The number of nitrogens with zero attached hydrogens (tertiary/aromatic N) is 3. The number of likely N-dealkylation sites (tertiary alicyclic amines) is 1. The van der Waals surface area contributed by atoms with Gasteiger partial charge in [-0.2, -0.15) is 4.31 Å². The zero-order chi connectivity index (χ0) is 25.3. The number of carbonyl (C=O) groups excluding carboxylic acids is 2. The first-order valence-electron chi connectivity index (χ1n) is 11.7. The number of piperidine rings is 1. The highest BCUT2D eigenvalue weighted by atomic mass is 32.2. The lowest BCUT2D eigenvalue weighted by molar-refractivity contribution is -0.0918. The van der Waals surface area contributed by atoms with E-state index < -0.39 is 27.4 Å². The van der Waals surface area contributed by atoms with Gasteiger partial charge in [0.2, 0.25) is 10.0 Å². The minimum absolute atomic E-state index is 0.0371. The second kappa shape index (κ2) is 9.93. The summed E-state index contributed by atoms with van der Waals surface area (Å²) in [5, 5.41) is 0. The van der Waals surface area contributed by atoms with Crippen LogP contribution in [0.1, 0.15) is 57.3 Å². The van der Waals surface area contributed by atoms with Crippen molar-refractivity contribution in [3.63, 3.8) is 0 Å². The number of benzene rings is 1. The number of likely N-dealkylation sites (N-methyl/N-ethyl adjacent to an activating group) is 1. The topological polar surface area (TPSA) is 96.5 Å². The van der Waals surface area contributed by atoms with Gasteiger partial charge >= 0.3 is 6.09 Å². The summed E-state index contributed by atoms with van der Waals surface area (Å²) in [5.41, 5.74) is -1.15. The van der Waals surface area contributed by atoms with E-state index >= 15 is 0 Å². The van der Waals surface area contributed by atoms with Gasteiger partial charge in [-0.15, -0.1) is 0 Å². The minimum Gasteiger partial charge on any atom is -0.444 e. The number of Topliss-reactive ketones (excluding diaryl/α,β-unsaturated/α-hetero) is 1. The van der Waals surface area contributed by atoms with Crippen molar-refractivity contribution < 1.29 is 27.5 Å². The predicted molar refractivity (Wildman–Crippen MR) is 128 cm³/mol. The van der Waals surface area contributed by atoms with E-state index in [1.165, 1.54) is 16.4 Å². The van der Waals surface area contributed by atoms with Gasteiger partial charge in [0.1, 0.15) is 11.3 Å². The molecule has 0 N–H and O–H groups in total. The second-order valence-electron chi connectivity index (χ2n) is 10.2. The average molecular weight is 496 g/mol. The van der Waals surface area contributed by atoms with Crippen molar-refractivity contribution in [1.82, 2.24) is 14.1 Å². The number of hydrogen-bond acceptors (Lipinski definition) is 7. The lowest BCUT2D eigenvalue weighted by Crippen LogP contribution is -2.58. The number of hydrogen-bond donors (Lipinski definition) is 0. The van der Waals surface area contributed by atoms with Gasteiger partial charge in [0.25, 0.3) is 0 Å². The molecule has 2 aliphatic heterocycles. The summed E-state index contributed by atoms with van der Waals surface area (Å²) in [6.07, 6.45) is 0.647. The van der Waals surface area contributed by atoms with Crippen molar-refractivity contribution in [3.05, 3.63) is 29.8 Å². The fourth-order valence-corrected chi connectivity index (χ4v) is 6.44. The van der Waals surface area contributed by atoms with Crippen LogP contribution in [0.25, 0.3) is 0 Å². The molecule has 2 fully saturated rings. The van der Waals surface area contributed by atoms with Gasteiger partial charge in [0, 0.05) is 44.5 Å². The van der Waals surface area contributed by atoms with Crippen LogP contribution in [0, 0.1) is 0 Å². The summed E-state index contributed by atoms with van der Waals surface area (Å²) >= 11 is 0. The molecule has 1 atom stereocenters. The molecule has 1 unspecified atom stereocenters. The molecule has 2 saturated heterocycles. The van der Waals surface area contributed by atoms with Gasteiger partial charge in [-0.3, -0.25) is 4.79 Å². The first-order chi connectivity index (χ1) is 15.8. The molecular weight excluding hydrogens is 458 g/mol. The smallest absolute Gasteiger partial charge is 0.410 e. The summed E-state index contributed by atoms with van der Waals surface area (Å²) in [6, 6.07) is 5.74. The molecule has 1 amide bonds. The van der Waals surface area contributed by atoms with Crippen molar-refractivity contribution in [2.75, 3.05) is 40.3 Å². The summed E-state index contributed by atoms with van der Waals surface area (Å²) in [6.45, 7) is 8.66. The van der Waals surface area contributed by atoms with Crippen molar-refractivity contribution in [2.24, 2.45) is 0 Å². The van der Waals surface area contributed by atoms with Crippen LogP contribution in [0.2, 0.25) is 0 Å². The second-order valence-corrected chi connectivity index (χ2v) is 12.1. The van der Waals surface area contributed by atoms with E-state index in [9.17, 15) is 18.0 Å². The number of amides is 1. The molecule has 0 saturated carbocycles. The SMILES string of the molecule is CCC(=O)c1ccc(S(=O)(=O)N2C(CN(C)C)COC23CCN(C(=O)OC(C)(C)C)CC3)cc1. The maximum Gasteiger partial charge on any atom is 0.410 e. The van der Waals surface area contributed by atoms with Crippen LogP contribution in [-0.2, 0) is 19.5 Å². The molecule has 0 bridgehead atoms. The lowest BCUT2D eigenvalue weighted by Gasteiger charge is -2.44. The molecule has 3 rings (SSSR count). The Morgan fingerprint density at radius 3 is 2.24 bits per heavy atom. The maximum atomic E-state index is 13.9. The number of carbonyl (C=O) groups is 2. The van der Waals surface area contributed by atoms with Crippen LogP contribution >= 0.6 is 0 Å². The normalized spacial score (nSPS) is 21.3. The standard InChI is InChI=1S/C24H37N3O6S/c1-7-21(28)18-8-10-20(11-9-18)34(30,31)27-19(16-25(5)6)17-32-24(27)12-14-26(15-13-24)22(29)33-23(2,3)4/h8-11,19H,7,12-17H2,1-6H3. The molecule has 190 valence electrons. The zero-order valence-electron chi connectivity index (χ0n) is 21.0. The Balaban J connectivity index is 1.88. The molecule has 1 aromatic rings. The van der Waals surface area contributed by atoms with Crippen molar-refractivity contribution in [3.8, 4) is 0 Å². The van der Waals surface area contributed by atoms with E-state index in [4.69, 9.17) is 9.47 Å². The Morgan fingerprint density at radius 2 is 1.74 bits per heavy atom. The molecule has 1 aromatic carbocycles. The maximum absolute atomic E-state index is 13.9. The molecule has 0 radical (unpaired) electrons. The van der Waals surface area contributed by atoms with Crippen molar-refractivity contribution >= 4 is 21.9 Å². The van der Waals surface area contributed by atoms with Crippen LogP contribution < -0.4 is 0 Å². The predicted octanol–water partition coefficient (Wildman–Crippen LogP) is 2.96. The van der Waals surface area contributed by atoms with Crippen LogP contribution in [0.5, 0.6) is 0 Å². The van der Waals surface area contributed by atoms with Crippen LogP contribution in [0.4, 0.5) is 4.79 Å². The van der Waals surface area contributed by atoms with Gasteiger partial charge < -0.3 is 19.3 Å². The third-order valence-corrected chi connectivity index (χ3v) is 8.12. The number of ketones is 1. The Morgan fingerprint density at radius 1 is 1.15 bits per heavy atom. The fourth-order valence-electron chi connectivity index (χ4n) is 4.54. The molecule has 9 nitrogen and oxygen atoms in total. The van der Waals surface area contributed by atoms with E-state index in [1.807, 2.05) is 39.8 Å². The van der Waals surface area contributed by atoms with Crippen LogP contribution in [0.15, 0.2) is 29.2 Å². The lowest BCUT2D eigenvalue weighted by atomic mass is 10.0. The molecule has 0 aliphatic carbocycles. The summed E-state index contributed by atoms with van der Waals surface area (Å²) in [5.74, 6) is -0.0371. The summed E-state index contributed by atoms with van der Waals surface area (Å²) in [4.78, 5) is 28.2. The molecule has 2 aliphatic rings. The molecule has 10 heteroatoms. The van der Waals surface area contributed by atoms with E-state index in [1.54, 1.807) is 24.0 Å². The van der Waals surface area contributed by atoms with E-state index in [0.717, 1.165) is 0 Å².